The average Bonchev–Trinajstić information content (AvgIpc) is 3.12. The van der Waals surface area contributed by atoms with Crippen LogP contribution in [0.15, 0.2) is 54.6 Å². The van der Waals surface area contributed by atoms with E-state index in [1.807, 2.05) is 30.3 Å². The lowest BCUT2D eigenvalue weighted by Crippen LogP contribution is -2.62. The van der Waals surface area contributed by atoms with E-state index in [0.29, 0.717) is 6.42 Å². The van der Waals surface area contributed by atoms with Crippen LogP contribution in [-0.2, 0) is 22.4 Å². The van der Waals surface area contributed by atoms with Gasteiger partial charge in [0.2, 0.25) is 11.8 Å². The number of carbonyl (C=O) groups is 2. The molecule has 0 radical (unpaired) electrons. The number of amides is 2. The smallest absolute Gasteiger partial charge is 0.227 e. The number of fused-ring (bicyclic) bond motifs is 1. The van der Waals surface area contributed by atoms with Crippen molar-refractivity contribution in [2.45, 2.75) is 76.5 Å². The van der Waals surface area contributed by atoms with Crippen LogP contribution in [0.25, 0.3) is 0 Å². The number of benzene rings is 2. The maximum Gasteiger partial charge on any atom is 0.227 e. The van der Waals surface area contributed by atoms with Crippen molar-refractivity contribution in [2.24, 2.45) is 5.41 Å². The van der Waals surface area contributed by atoms with Gasteiger partial charge in [-0.1, -0.05) is 49.4 Å². The molecular formula is C28H34N2O3. The second-order valence-corrected chi connectivity index (χ2v) is 10.3. The third-order valence-corrected chi connectivity index (χ3v) is 8.39. The zero-order valence-electron chi connectivity index (χ0n) is 19.9. The summed E-state index contributed by atoms with van der Waals surface area (Å²) in [4.78, 5) is 31.2. The summed E-state index contributed by atoms with van der Waals surface area (Å²) >= 11 is 0. The zero-order chi connectivity index (χ0) is 23.2. The molecular weight excluding hydrogens is 412 g/mol. The quantitative estimate of drug-likeness (QED) is 0.690. The third-order valence-electron chi connectivity index (χ3n) is 8.39. The Bertz CT molecular complexity index is 1040. The SMILES string of the molecule is COc1cccc(CC(=O)N2[C@H]3CCC[C@H]4N(C(C)=O)[C@H](Cc5ccccc5)[C@@H]2C[C@@]34C)c1. The maximum atomic E-state index is 13.9. The monoisotopic (exact) mass is 446 g/mol. The first-order chi connectivity index (χ1) is 15.9. The fourth-order valence-electron chi connectivity index (χ4n) is 7.04. The number of methoxy groups -OCH3 is 1. The molecule has 33 heavy (non-hydrogen) atoms. The van der Waals surface area contributed by atoms with Crippen LogP contribution < -0.4 is 4.74 Å². The molecule has 174 valence electrons. The lowest BCUT2D eigenvalue weighted by Gasteiger charge is -2.52. The highest BCUT2D eigenvalue weighted by Crippen LogP contribution is 2.56. The average molecular weight is 447 g/mol. The predicted octanol–water partition coefficient (Wildman–Crippen LogP) is 4.24. The van der Waals surface area contributed by atoms with Crippen molar-refractivity contribution < 1.29 is 14.3 Å². The van der Waals surface area contributed by atoms with Gasteiger partial charge in [-0.05, 0) is 55.4 Å². The molecule has 0 spiro atoms. The van der Waals surface area contributed by atoms with Crippen LogP contribution in [0.2, 0.25) is 0 Å². The molecule has 2 aromatic rings. The Morgan fingerprint density at radius 1 is 1.00 bits per heavy atom. The number of hydrogen-bond acceptors (Lipinski definition) is 3. The molecule has 1 saturated carbocycles. The van der Waals surface area contributed by atoms with Crippen LogP contribution in [0, 0.1) is 5.41 Å². The molecule has 5 heteroatoms. The molecule has 2 saturated heterocycles. The van der Waals surface area contributed by atoms with E-state index in [-0.39, 0.29) is 41.4 Å². The highest BCUT2D eigenvalue weighted by Gasteiger charge is 2.64. The van der Waals surface area contributed by atoms with Crippen LogP contribution in [-0.4, -0.2) is 52.9 Å². The Hall–Kier alpha value is -2.82. The normalized spacial score (nSPS) is 30.3. The van der Waals surface area contributed by atoms with E-state index < -0.39 is 0 Å². The van der Waals surface area contributed by atoms with Crippen LogP contribution in [0.5, 0.6) is 5.75 Å². The molecule has 0 N–H and O–H groups in total. The van der Waals surface area contributed by atoms with Gasteiger partial charge in [0.25, 0.3) is 0 Å². The number of likely N-dealkylation sites (tertiary alicyclic amines) is 2. The molecule has 5 nitrogen and oxygen atoms in total. The fourth-order valence-corrected chi connectivity index (χ4v) is 7.04. The Morgan fingerprint density at radius 3 is 2.39 bits per heavy atom. The molecule has 0 unspecified atom stereocenters. The molecule has 5 rings (SSSR count). The molecule has 3 fully saturated rings. The second kappa shape index (κ2) is 8.51. The van der Waals surface area contributed by atoms with Crippen LogP contribution in [0.3, 0.4) is 0 Å². The summed E-state index contributed by atoms with van der Waals surface area (Å²) in [5.74, 6) is 1.08. The van der Waals surface area contributed by atoms with Gasteiger partial charge in [0.15, 0.2) is 0 Å². The van der Waals surface area contributed by atoms with Crippen molar-refractivity contribution in [3.05, 3.63) is 65.7 Å². The Balaban J connectivity index is 1.51. The van der Waals surface area contributed by atoms with Gasteiger partial charge < -0.3 is 14.5 Å². The Kier molecular flexibility index (Phi) is 5.67. The van der Waals surface area contributed by atoms with Gasteiger partial charge in [-0.3, -0.25) is 9.59 Å². The number of carbonyl (C=O) groups excluding carboxylic acids is 2. The van der Waals surface area contributed by atoms with Crippen molar-refractivity contribution in [3.8, 4) is 5.75 Å². The first-order valence-corrected chi connectivity index (χ1v) is 12.2. The molecule has 2 amide bonds. The van der Waals surface area contributed by atoms with E-state index >= 15 is 0 Å². The largest absolute Gasteiger partial charge is 0.497 e. The summed E-state index contributed by atoms with van der Waals surface area (Å²) in [7, 11) is 1.65. The summed E-state index contributed by atoms with van der Waals surface area (Å²) in [5.41, 5.74) is 2.16. The van der Waals surface area contributed by atoms with Gasteiger partial charge in [-0.15, -0.1) is 0 Å². The van der Waals surface area contributed by atoms with Gasteiger partial charge in [0.05, 0.1) is 25.6 Å². The first-order valence-electron chi connectivity index (χ1n) is 12.2. The molecule has 2 aromatic carbocycles. The molecule has 5 atom stereocenters. The highest BCUT2D eigenvalue weighted by molar-refractivity contribution is 5.81. The Morgan fingerprint density at radius 2 is 1.70 bits per heavy atom. The molecule has 2 bridgehead atoms. The zero-order valence-corrected chi connectivity index (χ0v) is 19.9. The topological polar surface area (TPSA) is 49.9 Å². The summed E-state index contributed by atoms with van der Waals surface area (Å²) in [6.45, 7) is 4.03. The molecule has 3 aliphatic rings. The first kappa shape index (κ1) is 22.0. The van der Waals surface area contributed by atoms with Crippen LogP contribution in [0.1, 0.15) is 50.7 Å². The number of nitrogens with zero attached hydrogens (tertiary/aromatic N) is 2. The third kappa shape index (κ3) is 3.71. The predicted molar refractivity (Wildman–Crippen MR) is 128 cm³/mol. The number of piperidine rings is 1. The van der Waals surface area contributed by atoms with E-state index in [1.54, 1.807) is 14.0 Å². The maximum absolute atomic E-state index is 13.9. The molecule has 2 aliphatic heterocycles. The van der Waals surface area contributed by atoms with Crippen molar-refractivity contribution >= 4 is 11.8 Å². The van der Waals surface area contributed by atoms with Crippen molar-refractivity contribution in [1.29, 1.82) is 0 Å². The molecule has 2 heterocycles. The number of ether oxygens (including phenoxy) is 1. The molecule has 0 aromatic heterocycles. The minimum Gasteiger partial charge on any atom is -0.497 e. The van der Waals surface area contributed by atoms with Crippen molar-refractivity contribution in [3.63, 3.8) is 0 Å². The minimum absolute atomic E-state index is 0.0142. The molecule has 1 aliphatic carbocycles. The second-order valence-electron chi connectivity index (χ2n) is 10.3. The van der Waals surface area contributed by atoms with E-state index in [2.05, 4.69) is 41.0 Å². The van der Waals surface area contributed by atoms with Gasteiger partial charge in [0, 0.05) is 24.4 Å². The van der Waals surface area contributed by atoms with Gasteiger partial charge in [-0.25, -0.2) is 0 Å². The highest BCUT2D eigenvalue weighted by atomic mass is 16.5. The van der Waals surface area contributed by atoms with E-state index in [0.717, 1.165) is 43.4 Å². The number of hydrogen-bond donors (Lipinski definition) is 0. The standard InChI is InChI=1S/C28H34N2O3/c1-19(31)29-23(16-20-9-5-4-6-10-20)24-18-28(2)25(29)13-8-14-26(28)30(24)27(32)17-21-11-7-12-22(15-21)33-3/h4-7,9-12,15,23-26H,8,13-14,16-18H2,1-3H3/t23-,24+,25-,26+,28-/m1/s1. The van der Waals surface area contributed by atoms with Crippen LogP contribution >= 0.6 is 0 Å². The van der Waals surface area contributed by atoms with E-state index in [1.165, 1.54) is 5.56 Å². The van der Waals surface area contributed by atoms with E-state index in [4.69, 9.17) is 4.74 Å². The lowest BCUT2D eigenvalue weighted by atomic mass is 9.64. The summed E-state index contributed by atoms with van der Waals surface area (Å²) in [6.07, 6.45) is 5.24. The van der Waals surface area contributed by atoms with Gasteiger partial charge >= 0.3 is 0 Å². The summed E-state index contributed by atoms with van der Waals surface area (Å²) in [6, 6.07) is 18.7. The van der Waals surface area contributed by atoms with Crippen molar-refractivity contribution in [2.75, 3.05) is 7.11 Å². The van der Waals surface area contributed by atoms with Gasteiger partial charge in [-0.2, -0.15) is 0 Å². The summed E-state index contributed by atoms with van der Waals surface area (Å²) < 4.78 is 5.37. The summed E-state index contributed by atoms with van der Waals surface area (Å²) in [5, 5.41) is 0. The van der Waals surface area contributed by atoms with Crippen molar-refractivity contribution in [1.82, 2.24) is 9.80 Å². The minimum atomic E-state index is -0.0359. The Labute approximate surface area is 196 Å². The fraction of sp³-hybridized carbons (Fsp3) is 0.500. The van der Waals surface area contributed by atoms with Gasteiger partial charge in [0.1, 0.15) is 5.75 Å². The lowest BCUT2D eigenvalue weighted by molar-refractivity contribution is -0.143. The van der Waals surface area contributed by atoms with Crippen LogP contribution in [0.4, 0.5) is 0 Å². The van der Waals surface area contributed by atoms with E-state index in [9.17, 15) is 9.59 Å². The number of rotatable bonds is 5.